The van der Waals surface area contributed by atoms with Crippen molar-refractivity contribution in [3.05, 3.63) is 77.6 Å². The Morgan fingerprint density at radius 1 is 0.931 bits per heavy atom. The molecule has 2 aliphatic rings. The summed E-state index contributed by atoms with van der Waals surface area (Å²) < 4.78 is 42.2. The molecule has 2 aliphatic heterocycles. The van der Waals surface area contributed by atoms with Crippen LogP contribution in [0.25, 0.3) is 0 Å². The standard InChI is InChI=1S/C22H22N2O4S/c1-16-4-6-17(7-5-16)22-19-3-2-10-23(19)11-12-24(22)29(25,26)18-8-9-20-21(15-18)28-14-13-27-20/h2-10,15,22H,11-14H2,1H3/t22-/m0/s1. The lowest BCUT2D eigenvalue weighted by molar-refractivity contribution is 0.171. The highest BCUT2D eigenvalue weighted by Gasteiger charge is 2.38. The molecule has 0 amide bonds. The first kappa shape index (κ1) is 18.3. The van der Waals surface area contributed by atoms with Crippen molar-refractivity contribution in [1.82, 2.24) is 8.87 Å². The summed E-state index contributed by atoms with van der Waals surface area (Å²) in [6, 6.07) is 16.5. The monoisotopic (exact) mass is 410 g/mol. The van der Waals surface area contributed by atoms with E-state index in [0.29, 0.717) is 37.8 Å². The van der Waals surface area contributed by atoms with Crippen molar-refractivity contribution >= 4 is 10.0 Å². The van der Waals surface area contributed by atoms with E-state index in [1.165, 1.54) is 0 Å². The van der Waals surface area contributed by atoms with Crippen LogP contribution < -0.4 is 9.47 Å². The molecule has 0 aliphatic carbocycles. The minimum absolute atomic E-state index is 0.221. The highest BCUT2D eigenvalue weighted by molar-refractivity contribution is 7.89. The number of ether oxygens (including phenoxy) is 2. The smallest absolute Gasteiger partial charge is 0.244 e. The van der Waals surface area contributed by atoms with Crippen LogP contribution in [0.5, 0.6) is 11.5 Å². The van der Waals surface area contributed by atoms with Gasteiger partial charge in [-0.25, -0.2) is 8.42 Å². The van der Waals surface area contributed by atoms with Gasteiger partial charge in [-0.15, -0.1) is 0 Å². The van der Waals surface area contributed by atoms with E-state index in [-0.39, 0.29) is 10.9 Å². The third-order valence-electron chi connectivity index (χ3n) is 5.51. The average Bonchev–Trinajstić information content (AvgIpc) is 3.22. The second-order valence-electron chi connectivity index (χ2n) is 7.36. The molecule has 1 aromatic heterocycles. The molecule has 29 heavy (non-hydrogen) atoms. The van der Waals surface area contributed by atoms with Crippen molar-refractivity contribution in [2.24, 2.45) is 0 Å². The Balaban J connectivity index is 1.60. The van der Waals surface area contributed by atoms with Crippen molar-refractivity contribution in [2.75, 3.05) is 19.8 Å². The number of aromatic nitrogens is 1. The van der Waals surface area contributed by atoms with E-state index < -0.39 is 10.0 Å². The predicted octanol–water partition coefficient (Wildman–Crippen LogP) is 3.36. The van der Waals surface area contributed by atoms with Crippen molar-refractivity contribution in [1.29, 1.82) is 0 Å². The minimum atomic E-state index is -3.74. The molecule has 0 unspecified atom stereocenters. The van der Waals surface area contributed by atoms with Gasteiger partial charge in [0.1, 0.15) is 13.2 Å². The van der Waals surface area contributed by atoms with Crippen LogP contribution in [0.3, 0.4) is 0 Å². The summed E-state index contributed by atoms with van der Waals surface area (Å²) in [6.45, 7) is 3.93. The third kappa shape index (κ3) is 3.10. The second-order valence-corrected chi connectivity index (χ2v) is 9.25. The van der Waals surface area contributed by atoms with Gasteiger partial charge in [0.2, 0.25) is 10.0 Å². The molecule has 7 heteroatoms. The molecule has 3 heterocycles. The highest BCUT2D eigenvalue weighted by Crippen LogP contribution is 2.39. The van der Waals surface area contributed by atoms with E-state index in [9.17, 15) is 8.42 Å². The van der Waals surface area contributed by atoms with Gasteiger partial charge in [-0.05, 0) is 36.8 Å². The maximum absolute atomic E-state index is 13.7. The molecule has 3 aromatic rings. The number of sulfonamides is 1. The predicted molar refractivity (Wildman–Crippen MR) is 109 cm³/mol. The first-order valence-corrected chi connectivity index (χ1v) is 11.1. The second kappa shape index (κ2) is 6.93. The van der Waals surface area contributed by atoms with Crippen LogP contribution in [-0.4, -0.2) is 37.0 Å². The zero-order chi connectivity index (χ0) is 20.0. The molecule has 150 valence electrons. The van der Waals surface area contributed by atoms with Crippen LogP contribution in [0, 0.1) is 6.92 Å². The van der Waals surface area contributed by atoms with Crippen LogP contribution in [0.2, 0.25) is 0 Å². The molecular formula is C22H22N2O4S. The zero-order valence-corrected chi connectivity index (χ0v) is 16.9. The van der Waals surface area contributed by atoms with Gasteiger partial charge in [0.15, 0.2) is 11.5 Å². The molecule has 0 spiro atoms. The number of benzene rings is 2. The van der Waals surface area contributed by atoms with Crippen molar-refractivity contribution in [3.8, 4) is 11.5 Å². The van der Waals surface area contributed by atoms with Gasteiger partial charge in [-0.3, -0.25) is 0 Å². The summed E-state index contributed by atoms with van der Waals surface area (Å²) in [6.07, 6.45) is 2.00. The maximum atomic E-state index is 13.7. The Hall–Kier alpha value is -2.77. The van der Waals surface area contributed by atoms with Gasteiger partial charge in [0.25, 0.3) is 0 Å². The number of aryl methyl sites for hydroxylation is 1. The summed E-state index contributed by atoms with van der Waals surface area (Å²) in [4.78, 5) is 0.221. The van der Waals surface area contributed by atoms with Crippen molar-refractivity contribution < 1.29 is 17.9 Å². The Morgan fingerprint density at radius 3 is 2.48 bits per heavy atom. The maximum Gasteiger partial charge on any atom is 0.244 e. The summed E-state index contributed by atoms with van der Waals surface area (Å²) >= 11 is 0. The molecule has 0 N–H and O–H groups in total. The first-order valence-electron chi connectivity index (χ1n) is 9.67. The summed E-state index contributed by atoms with van der Waals surface area (Å²) in [7, 11) is -3.74. The van der Waals surface area contributed by atoms with E-state index in [4.69, 9.17) is 9.47 Å². The lowest BCUT2D eigenvalue weighted by Crippen LogP contribution is -2.42. The summed E-state index contributed by atoms with van der Waals surface area (Å²) in [5.41, 5.74) is 3.07. The molecule has 0 bridgehead atoms. The van der Waals surface area contributed by atoms with Gasteiger partial charge in [0.05, 0.1) is 10.9 Å². The topological polar surface area (TPSA) is 60.8 Å². The van der Waals surface area contributed by atoms with E-state index in [1.807, 2.05) is 49.5 Å². The lowest BCUT2D eigenvalue weighted by Gasteiger charge is -2.36. The quantitative estimate of drug-likeness (QED) is 0.664. The van der Waals surface area contributed by atoms with Crippen LogP contribution in [0.15, 0.2) is 65.7 Å². The summed E-state index contributed by atoms with van der Waals surface area (Å²) in [5, 5.41) is 0. The molecule has 0 radical (unpaired) electrons. The summed E-state index contributed by atoms with van der Waals surface area (Å²) in [5.74, 6) is 1.06. The van der Waals surface area contributed by atoms with Gasteiger partial charge in [-0.1, -0.05) is 29.8 Å². The molecule has 2 aromatic carbocycles. The van der Waals surface area contributed by atoms with Gasteiger partial charge >= 0.3 is 0 Å². The Morgan fingerprint density at radius 2 is 1.69 bits per heavy atom. The molecule has 6 nitrogen and oxygen atoms in total. The number of rotatable bonds is 3. The van der Waals surface area contributed by atoms with Crippen LogP contribution in [0.4, 0.5) is 0 Å². The van der Waals surface area contributed by atoms with Gasteiger partial charge < -0.3 is 14.0 Å². The molecule has 0 fully saturated rings. The number of hydrogen-bond acceptors (Lipinski definition) is 4. The van der Waals surface area contributed by atoms with Gasteiger partial charge in [0, 0.05) is 31.0 Å². The highest BCUT2D eigenvalue weighted by atomic mass is 32.2. The molecule has 1 atom stereocenters. The fraction of sp³-hybridized carbons (Fsp3) is 0.273. The molecule has 0 saturated heterocycles. The molecular weight excluding hydrogens is 388 g/mol. The van der Waals surface area contributed by atoms with E-state index in [2.05, 4.69) is 4.57 Å². The third-order valence-corrected chi connectivity index (χ3v) is 7.37. The zero-order valence-electron chi connectivity index (χ0n) is 16.1. The van der Waals surface area contributed by atoms with Crippen LogP contribution >= 0.6 is 0 Å². The number of fused-ring (bicyclic) bond motifs is 2. The minimum Gasteiger partial charge on any atom is -0.486 e. The SMILES string of the molecule is Cc1ccc([C@H]2c3cccn3CCN2S(=O)(=O)c2ccc3c(c2)OCCO3)cc1. The Labute approximate surface area is 170 Å². The van der Waals surface area contributed by atoms with Crippen molar-refractivity contribution in [3.63, 3.8) is 0 Å². The van der Waals surface area contributed by atoms with Crippen molar-refractivity contribution in [2.45, 2.75) is 24.4 Å². The first-order chi connectivity index (χ1) is 14.0. The normalized spacial score (nSPS) is 19.0. The average molecular weight is 410 g/mol. The fourth-order valence-corrected chi connectivity index (χ4v) is 5.62. The lowest BCUT2D eigenvalue weighted by atomic mass is 10.0. The number of nitrogens with zero attached hydrogens (tertiary/aromatic N) is 2. The number of hydrogen-bond donors (Lipinski definition) is 0. The van der Waals surface area contributed by atoms with E-state index >= 15 is 0 Å². The van der Waals surface area contributed by atoms with Gasteiger partial charge in [-0.2, -0.15) is 4.31 Å². The van der Waals surface area contributed by atoms with Crippen LogP contribution in [0.1, 0.15) is 22.9 Å². The van der Waals surface area contributed by atoms with Crippen LogP contribution in [-0.2, 0) is 16.6 Å². The molecule has 0 saturated carbocycles. The Kier molecular flexibility index (Phi) is 4.37. The van der Waals surface area contributed by atoms with E-state index in [1.54, 1.807) is 22.5 Å². The Bertz CT molecular complexity index is 1150. The molecule has 5 rings (SSSR count). The van der Waals surface area contributed by atoms with E-state index in [0.717, 1.165) is 16.8 Å². The fourth-order valence-electron chi connectivity index (χ4n) is 4.03. The largest absolute Gasteiger partial charge is 0.486 e.